The van der Waals surface area contributed by atoms with Crippen molar-refractivity contribution in [3.63, 3.8) is 0 Å². The van der Waals surface area contributed by atoms with Crippen LogP contribution in [0.3, 0.4) is 0 Å². The predicted molar refractivity (Wildman–Crippen MR) is 80.2 cm³/mol. The van der Waals surface area contributed by atoms with Crippen molar-refractivity contribution in [2.75, 3.05) is 0 Å². The van der Waals surface area contributed by atoms with Crippen LogP contribution < -0.4 is 5.32 Å². The number of ether oxygens (including phenoxy) is 1. The van der Waals surface area contributed by atoms with Gasteiger partial charge in [0, 0.05) is 0 Å². The third kappa shape index (κ3) is 3.14. The number of aliphatic carboxylic acids is 1. The number of carboxylic acids is 1. The van der Waals surface area contributed by atoms with E-state index in [4.69, 9.17) is 9.84 Å². The molecule has 2 fully saturated rings. The van der Waals surface area contributed by atoms with Gasteiger partial charge < -0.3 is 15.2 Å². The second kappa shape index (κ2) is 6.48. The summed E-state index contributed by atoms with van der Waals surface area (Å²) in [4.78, 5) is 23.3. The van der Waals surface area contributed by atoms with Crippen LogP contribution in [0.2, 0.25) is 0 Å². The summed E-state index contributed by atoms with van der Waals surface area (Å²) in [5, 5.41) is 12.0. The van der Waals surface area contributed by atoms with Gasteiger partial charge in [-0.25, -0.2) is 4.79 Å². The van der Waals surface area contributed by atoms with E-state index in [1.54, 1.807) is 0 Å². The Kier molecular flexibility index (Phi) is 4.43. The van der Waals surface area contributed by atoms with E-state index in [1.807, 2.05) is 30.3 Å². The summed E-state index contributed by atoms with van der Waals surface area (Å²) in [6.45, 7) is 0. The predicted octanol–water partition coefficient (Wildman–Crippen LogP) is 2.28. The topological polar surface area (TPSA) is 75.6 Å². The van der Waals surface area contributed by atoms with Gasteiger partial charge in [0.05, 0.1) is 6.04 Å². The van der Waals surface area contributed by atoms with Crippen LogP contribution in [-0.4, -0.2) is 29.2 Å². The smallest absolute Gasteiger partial charge is 0.332 e. The fourth-order valence-electron chi connectivity index (χ4n) is 3.16. The number of amides is 1. The minimum atomic E-state index is -0.992. The molecular weight excluding hydrogens is 282 g/mol. The Balaban J connectivity index is 1.66. The first-order chi connectivity index (χ1) is 10.6. The monoisotopic (exact) mass is 303 g/mol. The number of carbonyl (C=O) groups excluding carboxylic acids is 1. The standard InChI is InChI=1S/C17H21NO4/c19-16(13-9-10-14(22-13)17(20)21)18-15(12-7-4-8-12)11-5-2-1-3-6-11/h1-3,5-6,12-15H,4,7-10H2,(H,18,19)(H,20,21)/t13-,14+,15?/m0/s1. The Bertz CT molecular complexity index is 541. The van der Waals surface area contributed by atoms with E-state index in [0.717, 1.165) is 18.4 Å². The second-order valence-corrected chi connectivity index (χ2v) is 6.12. The molecule has 3 atom stereocenters. The lowest BCUT2D eigenvalue weighted by molar-refractivity contribution is -0.152. The lowest BCUT2D eigenvalue weighted by atomic mass is 9.77. The van der Waals surface area contributed by atoms with E-state index < -0.39 is 18.2 Å². The van der Waals surface area contributed by atoms with Gasteiger partial charge in [-0.15, -0.1) is 0 Å². The van der Waals surface area contributed by atoms with Gasteiger partial charge in [-0.05, 0) is 37.2 Å². The molecule has 1 heterocycles. The molecule has 22 heavy (non-hydrogen) atoms. The Labute approximate surface area is 129 Å². The van der Waals surface area contributed by atoms with Crippen LogP contribution in [0.15, 0.2) is 30.3 Å². The molecule has 1 aromatic carbocycles. The van der Waals surface area contributed by atoms with Crippen LogP contribution in [0, 0.1) is 5.92 Å². The minimum Gasteiger partial charge on any atom is -0.479 e. The first-order valence-electron chi connectivity index (χ1n) is 7.88. The molecule has 1 aliphatic heterocycles. The number of hydrogen-bond donors (Lipinski definition) is 2. The highest BCUT2D eigenvalue weighted by molar-refractivity contribution is 5.83. The van der Waals surface area contributed by atoms with Crippen molar-refractivity contribution in [1.29, 1.82) is 0 Å². The fraction of sp³-hybridized carbons (Fsp3) is 0.529. The summed E-state index contributed by atoms with van der Waals surface area (Å²) in [6.07, 6.45) is 2.79. The number of rotatable bonds is 5. The van der Waals surface area contributed by atoms with Gasteiger partial charge in [0.25, 0.3) is 0 Å². The number of carbonyl (C=O) groups is 2. The maximum absolute atomic E-state index is 12.4. The first kappa shape index (κ1) is 15.0. The summed E-state index contributed by atoms with van der Waals surface area (Å²) in [5.74, 6) is -0.721. The Hall–Kier alpha value is -1.88. The van der Waals surface area contributed by atoms with Crippen LogP contribution >= 0.6 is 0 Å². The van der Waals surface area contributed by atoms with Crippen molar-refractivity contribution in [2.45, 2.75) is 50.4 Å². The van der Waals surface area contributed by atoms with Crippen molar-refractivity contribution >= 4 is 11.9 Å². The van der Waals surface area contributed by atoms with Gasteiger partial charge >= 0.3 is 5.97 Å². The molecule has 1 amide bonds. The molecule has 2 N–H and O–H groups in total. The van der Waals surface area contributed by atoms with Crippen LogP contribution in [0.5, 0.6) is 0 Å². The van der Waals surface area contributed by atoms with E-state index >= 15 is 0 Å². The normalized spacial score (nSPS) is 26.2. The lowest BCUT2D eigenvalue weighted by Gasteiger charge is -2.35. The fourth-order valence-corrected chi connectivity index (χ4v) is 3.16. The largest absolute Gasteiger partial charge is 0.479 e. The molecule has 0 radical (unpaired) electrons. The molecule has 5 heteroatoms. The van der Waals surface area contributed by atoms with Gasteiger partial charge in [-0.3, -0.25) is 4.79 Å². The molecule has 0 spiro atoms. The van der Waals surface area contributed by atoms with Gasteiger partial charge in [0.15, 0.2) is 6.10 Å². The molecule has 1 aliphatic carbocycles. The summed E-state index contributed by atoms with van der Waals surface area (Å²) < 4.78 is 5.34. The highest BCUT2D eigenvalue weighted by Gasteiger charge is 2.37. The molecule has 1 saturated carbocycles. The third-order valence-corrected chi connectivity index (χ3v) is 4.67. The maximum atomic E-state index is 12.4. The zero-order chi connectivity index (χ0) is 15.5. The van der Waals surface area contributed by atoms with Gasteiger partial charge in [-0.1, -0.05) is 36.8 Å². The average Bonchev–Trinajstić information content (AvgIpc) is 2.95. The van der Waals surface area contributed by atoms with E-state index in [0.29, 0.717) is 18.8 Å². The van der Waals surface area contributed by atoms with Gasteiger partial charge in [0.1, 0.15) is 6.10 Å². The lowest BCUT2D eigenvalue weighted by Crippen LogP contribution is -2.41. The van der Waals surface area contributed by atoms with Crippen molar-refractivity contribution in [1.82, 2.24) is 5.32 Å². The first-order valence-corrected chi connectivity index (χ1v) is 7.88. The number of carboxylic acid groups (broad SMARTS) is 1. The number of nitrogens with one attached hydrogen (secondary N) is 1. The van der Waals surface area contributed by atoms with Crippen LogP contribution in [0.25, 0.3) is 0 Å². The van der Waals surface area contributed by atoms with Crippen molar-refractivity contribution < 1.29 is 19.4 Å². The van der Waals surface area contributed by atoms with E-state index in [-0.39, 0.29) is 11.9 Å². The van der Waals surface area contributed by atoms with Gasteiger partial charge in [0.2, 0.25) is 5.91 Å². The quantitative estimate of drug-likeness (QED) is 0.875. The molecule has 0 aromatic heterocycles. The van der Waals surface area contributed by atoms with E-state index in [2.05, 4.69) is 5.32 Å². The molecule has 1 saturated heterocycles. The number of hydrogen-bond acceptors (Lipinski definition) is 3. The SMILES string of the molecule is O=C(NC(c1ccccc1)C1CCC1)[C@@H]1CC[C@H](C(=O)O)O1. The number of benzene rings is 1. The molecule has 1 unspecified atom stereocenters. The molecule has 2 aliphatic rings. The van der Waals surface area contributed by atoms with Crippen molar-refractivity contribution in [3.8, 4) is 0 Å². The highest BCUT2D eigenvalue weighted by atomic mass is 16.5. The molecule has 0 bridgehead atoms. The molecule has 118 valence electrons. The van der Waals surface area contributed by atoms with Crippen LogP contribution in [-0.2, 0) is 14.3 Å². The van der Waals surface area contributed by atoms with Crippen LogP contribution in [0.1, 0.15) is 43.7 Å². The Morgan fingerprint density at radius 3 is 2.32 bits per heavy atom. The second-order valence-electron chi connectivity index (χ2n) is 6.12. The third-order valence-electron chi connectivity index (χ3n) is 4.67. The summed E-state index contributed by atoms with van der Waals surface area (Å²) in [6, 6.07) is 9.95. The van der Waals surface area contributed by atoms with Crippen LogP contribution in [0.4, 0.5) is 0 Å². The Morgan fingerprint density at radius 2 is 1.77 bits per heavy atom. The average molecular weight is 303 g/mol. The highest BCUT2D eigenvalue weighted by Crippen LogP contribution is 2.38. The zero-order valence-electron chi connectivity index (χ0n) is 12.4. The summed E-state index contributed by atoms with van der Waals surface area (Å²) in [7, 11) is 0. The van der Waals surface area contributed by atoms with Crippen molar-refractivity contribution in [2.24, 2.45) is 5.92 Å². The summed E-state index contributed by atoms with van der Waals surface area (Å²) >= 11 is 0. The zero-order valence-corrected chi connectivity index (χ0v) is 12.4. The van der Waals surface area contributed by atoms with E-state index in [9.17, 15) is 9.59 Å². The van der Waals surface area contributed by atoms with Crippen molar-refractivity contribution in [3.05, 3.63) is 35.9 Å². The van der Waals surface area contributed by atoms with E-state index in [1.165, 1.54) is 6.42 Å². The molecule has 1 aromatic rings. The summed E-state index contributed by atoms with van der Waals surface area (Å²) in [5.41, 5.74) is 1.10. The minimum absolute atomic E-state index is 0.00470. The molecule has 5 nitrogen and oxygen atoms in total. The maximum Gasteiger partial charge on any atom is 0.332 e. The molecular formula is C17H21NO4. The molecule has 3 rings (SSSR count). The van der Waals surface area contributed by atoms with Gasteiger partial charge in [-0.2, -0.15) is 0 Å². The Morgan fingerprint density at radius 1 is 1.09 bits per heavy atom.